The van der Waals surface area contributed by atoms with Gasteiger partial charge < -0.3 is 10.2 Å². The van der Waals surface area contributed by atoms with E-state index < -0.39 is 28.5 Å². The standard InChI is InChI=1S/C27H36ClN3O4S/c1-19(2)21-13-15-24(16-14-21)31(36(4,34)35)18-26(32)30(17-22-9-5-8-12-25(22)28)20(3)27(33)29-23-10-6-7-11-23/h5,8-9,12-16,19-20,23H,6-7,10-11,17-18H2,1-4H3,(H,29,33)/t20-/m0/s1. The molecule has 0 unspecified atom stereocenters. The molecule has 2 amide bonds. The van der Waals surface area contributed by atoms with Gasteiger partial charge >= 0.3 is 0 Å². The van der Waals surface area contributed by atoms with Gasteiger partial charge in [0.05, 0.1) is 11.9 Å². The number of hydrogen-bond acceptors (Lipinski definition) is 4. The lowest BCUT2D eigenvalue weighted by atomic mass is 10.0. The van der Waals surface area contributed by atoms with Crippen LogP contribution in [0.15, 0.2) is 48.5 Å². The topological polar surface area (TPSA) is 86.8 Å². The zero-order valence-corrected chi connectivity index (χ0v) is 23.0. The number of hydrogen-bond donors (Lipinski definition) is 1. The van der Waals surface area contributed by atoms with Gasteiger partial charge in [-0.15, -0.1) is 0 Å². The van der Waals surface area contributed by atoms with Crippen molar-refractivity contribution in [1.29, 1.82) is 0 Å². The minimum Gasteiger partial charge on any atom is -0.352 e. The monoisotopic (exact) mass is 533 g/mol. The van der Waals surface area contributed by atoms with Crippen molar-refractivity contribution in [2.45, 2.75) is 71.0 Å². The third-order valence-electron chi connectivity index (χ3n) is 6.69. The quantitative estimate of drug-likeness (QED) is 0.479. The van der Waals surface area contributed by atoms with E-state index in [0.717, 1.165) is 41.8 Å². The lowest BCUT2D eigenvalue weighted by Gasteiger charge is -2.32. The van der Waals surface area contributed by atoms with Crippen LogP contribution in [0.4, 0.5) is 5.69 Å². The Hall–Kier alpha value is -2.58. The molecule has 7 nitrogen and oxygen atoms in total. The highest BCUT2D eigenvalue weighted by Gasteiger charge is 2.31. The number of amides is 2. The van der Waals surface area contributed by atoms with Crippen LogP contribution in [0, 0.1) is 0 Å². The number of sulfonamides is 1. The van der Waals surface area contributed by atoms with E-state index in [4.69, 9.17) is 11.6 Å². The summed E-state index contributed by atoms with van der Waals surface area (Å²) in [6.45, 7) is 5.43. The Balaban J connectivity index is 1.88. The molecule has 0 radical (unpaired) electrons. The zero-order valence-electron chi connectivity index (χ0n) is 21.4. The van der Waals surface area contributed by atoms with Crippen LogP contribution in [0.5, 0.6) is 0 Å². The molecule has 0 spiro atoms. The second-order valence-electron chi connectivity index (χ2n) is 9.79. The molecule has 1 aliphatic rings. The fourth-order valence-corrected chi connectivity index (χ4v) is 5.47. The summed E-state index contributed by atoms with van der Waals surface area (Å²) in [5, 5.41) is 3.52. The molecule has 2 aromatic rings. The van der Waals surface area contributed by atoms with Crippen LogP contribution in [0.25, 0.3) is 0 Å². The van der Waals surface area contributed by atoms with Gasteiger partial charge in [0.25, 0.3) is 0 Å². The first kappa shape index (κ1) is 28.0. The van der Waals surface area contributed by atoms with E-state index in [1.165, 1.54) is 4.90 Å². The van der Waals surface area contributed by atoms with Gasteiger partial charge in [0.15, 0.2) is 0 Å². The van der Waals surface area contributed by atoms with Gasteiger partial charge in [0.1, 0.15) is 12.6 Å². The summed E-state index contributed by atoms with van der Waals surface area (Å²) in [5.41, 5.74) is 2.15. The van der Waals surface area contributed by atoms with E-state index in [0.29, 0.717) is 16.3 Å². The molecular weight excluding hydrogens is 498 g/mol. The molecular formula is C27H36ClN3O4S. The lowest BCUT2D eigenvalue weighted by molar-refractivity contribution is -0.139. The van der Waals surface area contributed by atoms with Crippen molar-refractivity contribution in [3.05, 3.63) is 64.7 Å². The molecule has 1 atom stereocenters. The van der Waals surface area contributed by atoms with Crippen LogP contribution < -0.4 is 9.62 Å². The normalized spacial score (nSPS) is 15.1. The molecule has 0 aliphatic heterocycles. The molecule has 0 bridgehead atoms. The first-order valence-electron chi connectivity index (χ1n) is 12.4. The minimum atomic E-state index is -3.77. The Labute approximate surface area is 219 Å². The van der Waals surface area contributed by atoms with E-state index >= 15 is 0 Å². The summed E-state index contributed by atoms with van der Waals surface area (Å²) in [6.07, 6.45) is 5.06. The molecule has 1 saturated carbocycles. The third kappa shape index (κ3) is 7.23. The van der Waals surface area contributed by atoms with Crippen molar-refractivity contribution in [2.24, 2.45) is 0 Å². The number of nitrogens with one attached hydrogen (secondary N) is 1. The molecule has 36 heavy (non-hydrogen) atoms. The fraction of sp³-hybridized carbons (Fsp3) is 0.481. The van der Waals surface area contributed by atoms with Crippen molar-refractivity contribution in [3.8, 4) is 0 Å². The van der Waals surface area contributed by atoms with Gasteiger partial charge in [-0.25, -0.2) is 8.42 Å². The fourth-order valence-electron chi connectivity index (χ4n) is 4.42. The number of benzene rings is 2. The zero-order chi connectivity index (χ0) is 26.5. The predicted octanol–water partition coefficient (Wildman–Crippen LogP) is 4.71. The smallest absolute Gasteiger partial charge is 0.244 e. The minimum absolute atomic E-state index is 0.0850. The Kier molecular flexibility index (Phi) is 9.41. The number of nitrogens with zero attached hydrogens (tertiary/aromatic N) is 2. The van der Waals surface area contributed by atoms with Crippen LogP contribution >= 0.6 is 11.6 Å². The van der Waals surface area contributed by atoms with Crippen molar-refractivity contribution < 1.29 is 18.0 Å². The second kappa shape index (κ2) is 12.1. The number of rotatable bonds is 10. The van der Waals surface area contributed by atoms with E-state index in [9.17, 15) is 18.0 Å². The first-order chi connectivity index (χ1) is 17.0. The van der Waals surface area contributed by atoms with Crippen LogP contribution in [-0.4, -0.2) is 50.0 Å². The van der Waals surface area contributed by atoms with Gasteiger partial charge in [-0.2, -0.15) is 0 Å². The molecule has 1 N–H and O–H groups in total. The molecule has 2 aromatic carbocycles. The third-order valence-corrected chi connectivity index (χ3v) is 8.20. The van der Waals surface area contributed by atoms with Crippen molar-refractivity contribution in [2.75, 3.05) is 17.1 Å². The molecule has 1 aliphatic carbocycles. The Morgan fingerprint density at radius 2 is 1.64 bits per heavy atom. The van der Waals surface area contributed by atoms with Crippen molar-refractivity contribution in [1.82, 2.24) is 10.2 Å². The average Bonchev–Trinajstić information content (AvgIpc) is 3.34. The van der Waals surface area contributed by atoms with Crippen LogP contribution in [0.3, 0.4) is 0 Å². The highest BCUT2D eigenvalue weighted by Crippen LogP contribution is 2.24. The van der Waals surface area contributed by atoms with Crippen molar-refractivity contribution in [3.63, 3.8) is 0 Å². The maximum Gasteiger partial charge on any atom is 0.244 e. The van der Waals surface area contributed by atoms with E-state index in [1.807, 2.05) is 18.2 Å². The molecule has 1 fully saturated rings. The SMILES string of the molecule is CC(C)c1ccc(N(CC(=O)N(Cc2ccccc2Cl)[C@@H](C)C(=O)NC2CCCC2)S(C)(=O)=O)cc1. The van der Waals surface area contributed by atoms with Crippen molar-refractivity contribution >= 4 is 39.1 Å². The molecule has 0 saturated heterocycles. The Morgan fingerprint density at radius 1 is 1.03 bits per heavy atom. The second-order valence-corrected chi connectivity index (χ2v) is 12.1. The molecule has 196 valence electrons. The van der Waals surface area contributed by atoms with Crippen LogP contribution in [0.1, 0.15) is 63.5 Å². The Morgan fingerprint density at radius 3 is 2.19 bits per heavy atom. The first-order valence-corrected chi connectivity index (χ1v) is 14.6. The van der Waals surface area contributed by atoms with Gasteiger partial charge in [-0.05, 0) is 55.0 Å². The maximum atomic E-state index is 13.6. The molecule has 9 heteroatoms. The average molecular weight is 534 g/mol. The number of carbonyl (C=O) groups excluding carboxylic acids is 2. The summed E-state index contributed by atoms with van der Waals surface area (Å²) < 4.78 is 26.5. The van der Waals surface area contributed by atoms with Gasteiger partial charge in [0.2, 0.25) is 21.8 Å². The highest BCUT2D eigenvalue weighted by atomic mass is 35.5. The van der Waals surface area contributed by atoms with Gasteiger partial charge in [-0.1, -0.05) is 68.6 Å². The van der Waals surface area contributed by atoms with Gasteiger partial charge in [0, 0.05) is 17.6 Å². The summed E-state index contributed by atoms with van der Waals surface area (Å²) in [6, 6.07) is 13.6. The number of anilines is 1. The summed E-state index contributed by atoms with van der Waals surface area (Å²) in [4.78, 5) is 28.2. The molecule has 0 aromatic heterocycles. The summed E-state index contributed by atoms with van der Waals surface area (Å²) in [5.74, 6) is -0.449. The van der Waals surface area contributed by atoms with E-state index in [-0.39, 0.29) is 24.4 Å². The van der Waals surface area contributed by atoms with E-state index in [1.54, 1.807) is 37.3 Å². The number of halogens is 1. The van der Waals surface area contributed by atoms with Crippen LogP contribution in [0.2, 0.25) is 5.02 Å². The largest absolute Gasteiger partial charge is 0.352 e. The highest BCUT2D eigenvalue weighted by molar-refractivity contribution is 7.92. The summed E-state index contributed by atoms with van der Waals surface area (Å²) in [7, 11) is -3.77. The van der Waals surface area contributed by atoms with Crippen LogP contribution in [-0.2, 0) is 26.2 Å². The number of carbonyl (C=O) groups is 2. The maximum absolute atomic E-state index is 13.6. The lowest BCUT2D eigenvalue weighted by Crippen LogP contribution is -2.52. The van der Waals surface area contributed by atoms with E-state index in [2.05, 4.69) is 19.2 Å². The predicted molar refractivity (Wildman–Crippen MR) is 145 cm³/mol. The summed E-state index contributed by atoms with van der Waals surface area (Å²) >= 11 is 6.36. The Bertz CT molecular complexity index is 1160. The van der Waals surface area contributed by atoms with Gasteiger partial charge in [-0.3, -0.25) is 13.9 Å². The molecule has 0 heterocycles. The molecule has 3 rings (SSSR count).